The van der Waals surface area contributed by atoms with Crippen molar-refractivity contribution in [1.29, 1.82) is 0 Å². The van der Waals surface area contributed by atoms with Crippen LogP contribution in [-0.4, -0.2) is 55.0 Å². The molecule has 8 nitrogen and oxygen atoms in total. The molecule has 0 aromatic heterocycles. The van der Waals surface area contributed by atoms with Gasteiger partial charge in [0.25, 0.3) is 17.7 Å². The Bertz CT molecular complexity index is 1080. The van der Waals surface area contributed by atoms with Crippen molar-refractivity contribution in [3.8, 4) is 0 Å². The minimum absolute atomic E-state index is 0.0772. The third-order valence-corrected chi connectivity index (χ3v) is 4.60. The fourth-order valence-corrected chi connectivity index (χ4v) is 3.08. The third-order valence-electron chi connectivity index (χ3n) is 4.60. The Morgan fingerprint density at radius 3 is 2.28 bits per heavy atom. The van der Waals surface area contributed by atoms with Crippen LogP contribution in [0.15, 0.2) is 42.5 Å². The number of carbonyl (C=O) groups excluding carboxylic acids is 4. The number of anilines is 2. The number of fused-ring (bicyclic) bond motifs is 1. The van der Waals surface area contributed by atoms with Gasteiger partial charge in [-0.1, -0.05) is 6.07 Å². The van der Waals surface area contributed by atoms with Gasteiger partial charge in [-0.2, -0.15) is 13.2 Å². The molecule has 0 unspecified atom stereocenters. The summed E-state index contributed by atoms with van der Waals surface area (Å²) in [5.41, 5.74) is 0.311. The Labute approximate surface area is 180 Å². The molecule has 0 saturated carbocycles. The van der Waals surface area contributed by atoms with Crippen LogP contribution < -0.4 is 10.6 Å². The molecule has 0 aliphatic carbocycles. The maximum Gasteiger partial charge on any atom is 0.471 e. The molecular weight excluding hydrogens is 431 g/mol. The van der Waals surface area contributed by atoms with Crippen LogP contribution in [0, 0.1) is 0 Å². The van der Waals surface area contributed by atoms with E-state index in [4.69, 9.17) is 4.74 Å². The summed E-state index contributed by atoms with van der Waals surface area (Å²) in [6, 6.07) is 9.19. The van der Waals surface area contributed by atoms with Gasteiger partial charge in [0, 0.05) is 37.2 Å². The quantitative estimate of drug-likeness (QED) is 0.499. The molecule has 11 heteroatoms. The fourth-order valence-electron chi connectivity index (χ4n) is 3.08. The number of halogens is 3. The number of benzene rings is 2. The molecule has 168 valence electrons. The number of methoxy groups -OCH3 is 1. The molecule has 0 radical (unpaired) electrons. The number of carbonyl (C=O) groups is 4. The third kappa shape index (κ3) is 4.94. The van der Waals surface area contributed by atoms with Crippen LogP contribution in [0.2, 0.25) is 0 Å². The molecule has 4 amide bonds. The predicted molar refractivity (Wildman–Crippen MR) is 107 cm³/mol. The van der Waals surface area contributed by atoms with Crippen molar-refractivity contribution in [3.63, 3.8) is 0 Å². The van der Waals surface area contributed by atoms with Crippen molar-refractivity contribution >= 4 is 35.0 Å². The second-order valence-electron chi connectivity index (χ2n) is 6.86. The summed E-state index contributed by atoms with van der Waals surface area (Å²) < 4.78 is 42.1. The van der Waals surface area contributed by atoms with Crippen molar-refractivity contribution in [1.82, 2.24) is 4.90 Å². The van der Waals surface area contributed by atoms with Crippen LogP contribution in [-0.2, 0) is 9.53 Å². The van der Waals surface area contributed by atoms with Gasteiger partial charge in [0.05, 0.1) is 11.1 Å². The van der Waals surface area contributed by atoms with Crippen molar-refractivity contribution in [2.45, 2.75) is 12.6 Å². The summed E-state index contributed by atoms with van der Waals surface area (Å²) in [7, 11) is 1.51. The van der Waals surface area contributed by atoms with E-state index in [9.17, 15) is 32.3 Å². The molecule has 2 N–H and O–H groups in total. The summed E-state index contributed by atoms with van der Waals surface area (Å²) in [6.45, 7) is 0.557. The number of nitrogens with one attached hydrogen (secondary N) is 2. The Kier molecular flexibility index (Phi) is 6.58. The maximum atomic E-state index is 12.6. The lowest BCUT2D eigenvalue weighted by atomic mass is 10.1. The number of ether oxygens (including phenoxy) is 1. The first-order valence-corrected chi connectivity index (χ1v) is 9.40. The molecule has 0 spiro atoms. The molecule has 0 atom stereocenters. The Morgan fingerprint density at radius 2 is 1.62 bits per heavy atom. The lowest BCUT2D eigenvalue weighted by Crippen LogP contribution is -2.31. The van der Waals surface area contributed by atoms with E-state index < -0.39 is 29.8 Å². The van der Waals surface area contributed by atoms with Crippen molar-refractivity contribution in [2.75, 3.05) is 30.9 Å². The largest absolute Gasteiger partial charge is 0.471 e. The molecule has 1 aliphatic rings. The van der Waals surface area contributed by atoms with E-state index >= 15 is 0 Å². The molecule has 32 heavy (non-hydrogen) atoms. The van der Waals surface area contributed by atoms with Crippen molar-refractivity contribution < 1.29 is 37.1 Å². The second-order valence-corrected chi connectivity index (χ2v) is 6.86. The molecule has 3 rings (SSSR count). The van der Waals surface area contributed by atoms with Crippen molar-refractivity contribution in [2.24, 2.45) is 0 Å². The van der Waals surface area contributed by atoms with E-state index in [2.05, 4.69) is 5.32 Å². The molecule has 1 aliphatic heterocycles. The number of hydrogen-bond acceptors (Lipinski definition) is 5. The Balaban J connectivity index is 1.73. The van der Waals surface area contributed by atoms with Gasteiger partial charge in [-0.05, 0) is 42.8 Å². The lowest BCUT2D eigenvalue weighted by Gasteiger charge is -2.12. The van der Waals surface area contributed by atoms with Gasteiger partial charge in [0.2, 0.25) is 0 Å². The second kappa shape index (κ2) is 9.18. The maximum absolute atomic E-state index is 12.6. The SMILES string of the molecule is COCCCN1C(=O)c2ccc(C(=O)Nc3cccc(NC(=O)C(F)(F)F)c3)cc2C1=O. The highest BCUT2D eigenvalue weighted by Crippen LogP contribution is 2.25. The number of alkyl halides is 3. The lowest BCUT2D eigenvalue weighted by molar-refractivity contribution is -0.167. The highest BCUT2D eigenvalue weighted by atomic mass is 19.4. The van der Waals surface area contributed by atoms with Gasteiger partial charge in [0.1, 0.15) is 0 Å². The molecule has 0 fully saturated rings. The van der Waals surface area contributed by atoms with Gasteiger partial charge < -0.3 is 15.4 Å². The van der Waals surface area contributed by atoms with Crippen LogP contribution in [0.4, 0.5) is 24.5 Å². The van der Waals surface area contributed by atoms with Gasteiger partial charge in [-0.15, -0.1) is 0 Å². The highest BCUT2D eigenvalue weighted by molar-refractivity contribution is 6.22. The van der Waals surface area contributed by atoms with E-state index in [1.165, 1.54) is 43.5 Å². The van der Waals surface area contributed by atoms with Crippen LogP contribution in [0.25, 0.3) is 0 Å². The molecular formula is C21H18F3N3O5. The zero-order chi connectivity index (χ0) is 23.5. The van der Waals surface area contributed by atoms with Crippen LogP contribution in [0.5, 0.6) is 0 Å². The summed E-state index contributed by atoms with van der Waals surface area (Å²) >= 11 is 0. The monoisotopic (exact) mass is 449 g/mol. The Morgan fingerprint density at radius 1 is 0.969 bits per heavy atom. The summed E-state index contributed by atoms with van der Waals surface area (Å²) in [5, 5.41) is 4.18. The van der Waals surface area contributed by atoms with Crippen LogP contribution in [0.1, 0.15) is 37.5 Å². The number of rotatable bonds is 7. The zero-order valence-corrected chi connectivity index (χ0v) is 16.8. The van der Waals surface area contributed by atoms with Crippen LogP contribution in [0.3, 0.4) is 0 Å². The normalized spacial score (nSPS) is 13.2. The van der Waals surface area contributed by atoms with Gasteiger partial charge in [-0.25, -0.2) is 0 Å². The number of hydrogen-bond donors (Lipinski definition) is 2. The standard InChI is InChI=1S/C21H18F3N3O5/c1-32-9-3-8-27-18(29)15-7-6-12(10-16(15)19(27)30)17(28)25-13-4-2-5-14(11-13)26-20(31)21(22,23)24/h2,4-7,10-11H,3,8-9H2,1H3,(H,25,28)(H,26,31). The van der Waals surface area contributed by atoms with Gasteiger partial charge in [-0.3, -0.25) is 24.1 Å². The first-order valence-electron chi connectivity index (χ1n) is 9.40. The molecule has 2 aromatic rings. The van der Waals surface area contributed by atoms with E-state index in [-0.39, 0.29) is 34.6 Å². The number of nitrogens with zero attached hydrogens (tertiary/aromatic N) is 1. The fraction of sp³-hybridized carbons (Fsp3) is 0.238. The van der Waals surface area contributed by atoms with Crippen LogP contribution >= 0.6 is 0 Å². The predicted octanol–water partition coefficient (Wildman–Crippen LogP) is 3.07. The molecule has 2 aromatic carbocycles. The van der Waals surface area contributed by atoms with Gasteiger partial charge in [0.15, 0.2) is 0 Å². The Hall–Kier alpha value is -3.73. The van der Waals surface area contributed by atoms with E-state index in [0.29, 0.717) is 13.0 Å². The average molecular weight is 449 g/mol. The summed E-state index contributed by atoms with van der Waals surface area (Å²) in [6.07, 6.45) is -4.58. The zero-order valence-electron chi connectivity index (χ0n) is 16.8. The van der Waals surface area contributed by atoms with E-state index in [0.717, 1.165) is 11.0 Å². The highest BCUT2D eigenvalue weighted by Gasteiger charge is 2.38. The number of imide groups is 1. The smallest absolute Gasteiger partial charge is 0.385 e. The average Bonchev–Trinajstić information content (AvgIpc) is 2.98. The van der Waals surface area contributed by atoms with Gasteiger partial charge >= 0.3 is 12.1 Å². The molecule has 0 saturated heterocycles. The minimum atomic E-state index is -5.05. The molecule has 0 bridgehead atoms. The minimum Gasteiger partial charge on any atom is -0.385 e. The number of amides is 4. The summed E-state index contributed by atoms with van der Waals surface area (Å²) in [4.78, 5) is 49.7. The van der Waals surface area contributed by atoms with E-state index in [1.54, 1.807) is 5.32 Å². The first kappa shape index (κ1) is 22.9. The van der Waals surface area contributed by atoms with E-state index in [1.807, 2.05) is 0 Å². The summed E-state index contributed by atoms with van der Waals surface area (Å²) in [5.74, 6) is -3.77. The topological polar surface area (TPSA) is 105 Å². The molecule has 1 heterocycles. The first-order chi connectivity index (χ1) is 15.1. The van der Waals surface area contributed by atoms with Crippen molar-refractivity contribution in [3.05, 3.63) is 59.2 Å².